The van der Waals surface area contributed by atoms with E-state index in [9.17, 15) is 0 Å². The number of hydrogen-bond acceptors (Lipinski definition) is 0. The molecule has 0 nitrogen and oxygen atoms in total. The van der Waals surface area contributed by atoms with Crippen LogP contribution in [0.3, 0.4) is 0 Å². The Hall–Kier alpha value is -1.53. The maximum absolute atomic E-state index is 5.91. The predicted octanol–water partition coefficient (Wildman–Crippen LogP) is 10.8. The van der Waals surface area contributed by atoms with Gasteiger partial charge in [-0.15, -0.1) is 11.6 Å². The predicted molar refractivity (Wildman–Crippen MR) is 150 cm³/mol. The molecule has 1 aromatic carbocycles. The van der Waals surface area contributed by atoms with Crippen LogP contribution in [-0.4, -0.2) is 5.88 Å². The molecule has 1 atom stereocenters. The Bertz CT molecular complexity index is 693. The lowest BCUT2D eigenvalue weighted by molar-refractivity contribution is 0.403. The molecule has 0 aliphatic heterocycles. The second kappa shape index (κ2) is 19.0. The summed E-state index contributed by atoms with van der Waals surface area (Å²) in [5.74, 6) is 0.788. The summed E-state index contributed by atoms with van der Waals surface area (Å²) in [4.78, 5) is 0. The van der Waals surface area contributed by atoms with Gasteiger partial charge in [-0.25, -0.2) is 0 Å². The van der Waals surface area contributed by atoms with E-state index >= 15 is 0 Å². The van der Waals surface area contributed by atoms with Crippen LogP contribution in [0.25, 0.3) is 5.57 Å². The molecule has 1 aromatic rings. The lowest BCUT2D eigenvalue weighted by Gasteiger charge is -2.33. The van der Waals surface area contributed by atoms with Crippen molar-refractivity contribution in [2.75, 3.05) is 5.88 Å². The lowest BCUT2D eigenvalue weighted by atomic mass is 9.70. The third-order valence-corrected chi connectivity index (χ3v) is 6.41. The highest BCUT2D eigenvalue weighted by atomic mass is 35.5. The number of rotatable bonds is 11. The monoisotopic (exact) mass is 456 g/mol. The van der Waals surface area contributed by atoms with E-state index in [1.165, 1.54) is 62.5 Å². The molecule has 0 saturated heterocycles. The van der Waals surface area contributed by atoms with Gasteiger partial charge in [-0.3, -0.25) is 0 Å². The van der Waals surface area contributed by atoms with E-state index in [2.05, 4.69) is 63.8 Å². The van der Waals surface area contributed by atoms with Crippen molar-refractivity contribution in [1.82, 2.24) is 0 Å². The zero-order valence-corrected chi connectivity index (χ0v) is 22.6. The van der Waals surface area contributed by atoms with Crippen LogP contribution >= 0.6 is 11.6 Å². The third-order valence-electron chi connectivity index (χ3n) is 6.14. The first kappa shape index (κ1) is 30.5. The smallest absolute Gasteiger partial charge is 0.0223 e. The van der Waals surface area contributed by atoms with E-state index < -0.39 is 0 Å². The molecule has 1 heteroatoms. The van der Waals surface area contributed by atoms with E-state index in [-0.39, 0.29) is 5.41 Å². The van der Waals surface area contributed by atoms with Crippen LogP contribution < -0.4 is 0 Å². The van der Waals surface area contributed by atoms with Gasteiger partial charge >= 0.3 is 0 Å². The van der Waals surface area contributed by atoms with Gasteiger partial charge in [0, 0.05) is 11.3 Å². The average molecular weight is 457 g/mol. The van der Waals surface area contributed by atoms with Gasteiger partial charge in [0.25, 0.3) is 0 Å². The summed E-state index contributed by atoms with van der Waals surface area (Å²) in [5, 5.41) is 0. The van der Waals surface area contributed by atoms with Gasteiger partial charge in [-0.2, -0.15) is 0 Å². The van der Waals surface area contributed by atoms with Crippen LogP contribution in [0, 0.1) is 0 Å². The summed E-state index contributed by atoms with van der Waals surface area (Å²) in [6.07, 6.45) is 21.8. The van der Waals surface area contributed by atoms with Crippen molar-refractivity contribution in [3.63, 3.8) is 0 Å². The van der Waals surface area contributed by atoms with Crippen molar-refractivity contribution in [2.45, 2.75) is 105 Å². The van der Waals surface area contributed by atoms with Gasteiger partial charge < -0.3 is 0 Å². The van der Waals surface area contributed by atoms with Crippen LogP contribution in [0.1, 0.15) is 110 Å². The van der Waals surface area contributed by atoms with E-state index in [0.29, 0.717) is 0 Å². The van der Waals surface area contributed by atoms with Gasteiger partial charge in [0.05, 0.1) is 0 Å². The third kappa shape index (κ3) is 8.78. The summed E-state index contributed by atoms with van der Waals surface area (Å²) >= 11 is 5.91. The van der Waals surface area contributed by atoms with E-state index in [4.69, 9.17) is 11.6 Å². The molecule has 0 fully saturated rings. The van der Waals surface area contributed by atoms with Crippen molar-refractivity contribution >= 4 is 17.2 Å². The summed E-state index contributed by atoms with van der Waals surface area (Å²) in [6.45, 7) is 16.1. The minimum absolute atomic E-state index is 0.216. The number of halogens is 1. The highest BCUT2D eigenvalue weighted by Gasteiger charge is 2.43. The zero-order chi connectivity index (χ0) is 24.2. The zero-order valence-electron chi connectivity index (χ0n) is 21.9. The fourth-order valence-electron chi connectivity index (χ4n) is 4.78. The molecule has 1 aliphatic rings. The van der Waals surface area contributed by atoms with Gasteiger partial charge in [0.1, 0.15) is 0 Å². The molecule has 0 radical (unpaired) electrons. The molecule has 32 heavy (non-hydrogen) atoms. The second-order valence-electron chi connectivity index (χ2n) is 8.10. The van der Waals surface area contributed by atoms with Crippen molar-refractivity contribution in [3.8, 4) is 0 Å². The fraction of sp³-hybridized carbons (Fsp3) is 0.548. The molecule has 180 valence electrons. The minimum Gasteiger partial charge on any atom is -0.127 e. The molecule has 0 saturated carbocycles. The Morgan fingerprint density at radius 1 is 0.875 bits per heavy atom. The number of benzene rings is 1. The summed E-state index contributed by atoms with van der Waals surface area (Å²) < 4.78 is 0. The first-order valence-electron chi connectivity index (χ1n) is 12.9. The first-order chi connectivity index (χ1) is 15.7. The maximum Gasteiger partial charge on any atom is 0.0223 e. The van der Waals surface area contributed by atoms with E-state index in [0.717, 1.165) is 12.3 Å². The molecule has 2 rings (SSSR count). The van der Waals surface area contributed by atoms with Crippen LogP contribution in [0.2, 0.25) is 0 Å². The molecular weight excluding hydrogens is 408 g/mol. The number of fused-ring (bicyclic) bond motifs is 1. The Balaban J connectivity index is 0.00000121. The molecule has 0 N–H and O–H groups in total. The topological polar surface area (TPSA) is 0 Å². The molecule has 0 spiro atoms. The summed E-state index contributed by atoms with van der Waals surface area (Å²) in [7, 11) is 0. The highest BCUT2D eigenvalue weighted by molar-refractivity contribution is 6.17. The Morgan fingerprint density at radius 3 is 1.97 bits per heavy atom. The van der Waals surface area contributed by atoms with Crippen molar-refractivity contribution in [2.24, 2.45) is 0 Å². The SMILES string of the molecule is C/C=C1\C(=C/C)c2ccccc2C1(CCCCCC)CCCCCCl.C=C/C=C\C.CC. The number of allylic oxidation sites excluding steroid dienone is 7. The van der Waals surface area contributed by atoms with Crippen LogP contribution in [-0.2, 0) is 5.41 Å². The van der Waals surface area contributed by atoms with Gasteiger partial charge in [-0.05, 0) is 62.3 Å². The Labute approximate surface area is 205 Å². The standard InChI is InChI=1S/C24H35Cl.C5H8.C2H6/c1-4-7-8-12-17-24(18-13-9-14-19-25)22(6-3)20(5-2)21-15-10-11-16-23(21)24;1-3-5-4-2;1-2/h5-6,10-11,15-16H,4,7-9,12-14,17-19H2,1-3H3;3-5H,1H2,2H3;1-2H3/b20-5-,22-6+;5-4-;. The van der Waals surface area contributed by atoms with Crippen LogP contribution in [0.5, 0.6) is 0 Å². The molecular formula is C31H49Cl. The second-order valence-corrected chi connectivity index (χ2v) is 8.48. The molecule has 0 aromatic heterocycles. The highest BCUT2D eigenvalue weighted by Crippen LogP contribution is 2.55. The first-order valence-corrected chi connectivity index (χ1v) is 13.4. The van der Waals surface area contributed by atoms with Crippen molar-refractivity contribution < 1.29 is 0 Å². The average Bonchev–Trinajstić information content (AvgIpc) is 3.11. The summed E-state index contributed by atoms with van der Waals surface area (Å²) in [5.41, 5.74) is 6.28. The molecule has 1 aliphatic carbocycles. The lowest BCUT2D eigenvalue weighted by Crippen LogP contribution is -2.25. The van der Waals surface area contributed by atoms with Crippen LogP contribution in [0.15, 0.2) is 66.8 Å². The number of hydrogen-bond donors (Lipinski definition) is 0. The van der Waals surface area contributed by atoms with Gasteiger partial charge in [0.15, 0.2) is 0 Å². The van der Waals surface area contributed by atoms with E-state index in [1.807, 2.05) is 32.9 Å². The summed E-state index contributed by atoms with van der Waals surface area (Å²) in [6, 6.07) is 9.12. The van der Waals surface area contributed by atoms with Gasteiger partial charge in [0.2, 0.25) is 0 Å². The Morgan fingerprint density at radius 2 is 1.50 bits per heavy atom. The molecule has 0 bridgehead atoms. The largest absolute Gasteiger partial charge is 0.127 e. The molecule has 1 unspecified atom stereocenters. The quantitative estimate of drug-likeness (QED) is 0.176. The van der Waals surface area contributed by atoms with E-state index in [1.54, 1.807) is 17.2 Å². The van der Waals surface area contributed by atoms with Crippen molar-refractivity contribution in [3.05, 3.63) is 77.9 Å². The fourth-order valence-corrected chi connectivity index (χ4v) is 4.97. The van der Waals surface area contributed by atoms with Crippen molar-refractivity contribution in [1.29, 1.82) is 0 Å². The Kier molecular flexibility index (Phi) is 18.1. The minimum atomic E-state index is 0.216. The molecule has 0 amide bonds. The molecule has 0 heterocycles. The van der Waals surface area contributed by atoms with Gasteiger partial charge in [-0.1, -0.05) is 121 Å². The number of unbranched alkanes of at least 4 members (excludes halogenated alkanes) is 5. The maximum atomic E-state index is 5.91. The van der Waals surface area contributed by atoms with Crippen LogP contribution in [0.4, 0.5) is 0 Å². The normalized spacial score (nSPS) is 19.3. The number of alkyl halides is 1.